The summed E-state index contributed by atoms with van der Waals surface area (Å²) in [4.78, 5) is 26.0. The summed E-state index contributed by atoms with van der Waals surface area (Å²) in [5.74, 6) is -0.660. The number of fused-ring (bicyclic) bond motifs is 1. The number of hydrogen-bond acceptors (Lipinski definition) is 5. The topological polar surface area (TPSA) is 64.6 Å². The maximum absolute atomic E-state index is 12.4. The van der Waals surface area contributed by atoms with Gasteiger partial charge in [-0.25, -0.2) is 4.79 Å². The molecule has 1 aromatic carbocycles. The van der Waals surface area contributed by atoms with Gasteiger partial charge in [0, 0.05) is 9.90 Å². The van der Waals surface area contributed by atoms with E-state index in [2.05, 4.69) is 5.32 Å². The Kier molecular flexibility index (Phi) is 7.10. The maximum Gasteiger partial charge on any atom is 0.341 e. The van der Waals surface area contributed by atoms with Crippen LogP contribution in [0.3, 0.4) is 0 Å². The maximum atomic E-state index is 12.4. The van der Waals surface area contributed by atoms with E-state index in [0.717, 1.165) is 36.1 Å². The molecule has 0 saturated heterocycles. The second kappa shape index (κ2) is 9.35. The van der Waals surface area contributed by atoms with Gasteiger partial charge in [0.05, 0.1) is 22.2 Å². The van der Waals surface area contributed by atoms with Crippen molar-refractivity contribution in [2.24, 2.45) is 0 Å². The van der Waals surface area contributed by atoms with E-state index in [1.165, 1.54) is 23.5 Å². The van der Waals surface area contributed by atoms with Gasteiger partial charge in [0.1, 0.15) is 5.00 Å². The van der Waals surface area contributed by atoms with Crippen LogP contribution >= 0.6 is 46.1 Å². The van der Waals surface area contributed by atoms with Gasteiger partial charge in [0.25, 0.3) is 5.91 Å². The van der Waals surface area contributed by atoms with Crippen molar-refractivity contribution in [3.8, 4) is 5.75 Å². The van der Waals surface area contributed by atoms with Gasteiger partial charge in [-0.2, -0.15) is 0 Å². The fourth-order valence-electron chi connectivity index (χ4n) is 3.04. The van der Waals surface area contributed by atoms with Gasteiger partial charge in [-0.15, -0.1) is 11.3 Å². The summed E-state index contributed by atoms with van der Waals surface area (Å²) in [6.07, 6.45) is 3.79. The molecule has 2 aromatic rings. The minimum Gasteiger partial charge on any atom is -0.481 e. The Morgan fingerprint density at radius 3 is 2.50 bits per heavy atom. The average molecular weight is 463 g/mol. The van der Waals surface area contributed by atoms with E-state index in [4.69, 9.17) is 44.3 Å². The van der Waals surface area contributed by atoms with E-state index in [9.17, 15) is 9.59 Å². The number of benzene rings is 1. The van der Waals surface area contributed by atoms with Crippen LogP contribution in [-0.2, 0) is 22.4 Å². The molecule has 1 heterocycles. The molecule has 1 amide bonds. The lowest BCUT2D eigenvalue weighted by atomic mass is 9.95. The molecule has 3 rings (SSSR count). The number of amides is 1. The molecule has 0 bridgehead atoms. The lowest BCUT2D eigenvalue weighted by Gasteiger charge is -2.12. The molecule has 9 heteroatoms. The highest BCUT2D eigenvalue weighted by molar-refractivity contribution is 7.17. The number of nitrogens with one attached hydrogen (secondary N) is 1. The zero-order chi connectivity index (χ0) is 20.3. The molecular weight excluding hydrogens is 445 g/mol. The summed E-state index contributed by atoms with van der Waals surface area (Å²) in [5.41, 5.74) is 1.44. The van der Waals surface area contributed by atoms with Crippen LogP contribution in [0.15, 0.2) is 12.1 Å². The molecule has 0 radical (unpaired) electrons. The second-order valence-electron chi connectivity index (χ2n) is 6.17. The number of rotatable bonds is 6. The van der Waals surface area contributed by atoms with Crippen molar-refractivity contribution in [3.63, 3.8) is 0 Å². The molecule has 5 nitrogen and oxygen atoms in total. The van der Waals surface area contributed by atoms with Crippen LogP contribution in [0.4, 0.5) is 5.00 Å². The number of anilines is 1. The Morgan fingerprint density at radius 1 is 1.14 bits per heavy atom. The standard InChI is InChI=1S/C19H18Cl3NO4S/c1-2-26-19(25)16-11-5-3-4-6-14(11)28-18(16)23-15(24)9-27-17-12(21)7-10(20)8-13(17)22/h7-8H,2-6,9H2,1H3,(H,23,24). The lowest BCUT2D eigenvalue weighted by Crippen LogP contribution is -2.21. The highest BCUT2D eigenvalue weighted by Gasteiger charge is 2.27. The average Bonchev–Trinajstić information content (AvgIpc) is 2.98. The number of hydrogen-bond donors (Lipinski definition) is 1. The first kappa shape index (κ1) is 21.2. The number of carbonyl (C=O) groups is 2. The summed E-state index contributed by atoms with van der Waals surface area (Å²) in [6, 6.07) is 2.96. The van der Waals surface area contributed by atoms with Gasteiger partial charge in [0.15, 0.2) is 12.4 Å². The van der Waals surface area contributed by atoms with Crippen molar-refractivity contribution in [2.45, 2.75) is 32.6 Å². The molecule has 1 aliphatic rings. The molecule has 0 spiro atoms. The fraction of sp³-hybridized carbons (Fsp3) is 0.368. The minimum absolute atomic E-state index is 0.180. The third-order valence-corrected chi connectivity index (χ3v) is 6.20. The first-order chi connectivity index (χ1) is 13.4. The van der Waals surface area contributed by atoms with Gasteiger partial charge in [-0.05, 0) is 50.3 Å². The molecule has 150 valence electrons. The number of esters is 1. The van der Waals surface area contributed by atoms with E-state index in [-0.39, 0.29) is 29.0 Å². The molecule has 0 unspecified atom stereocenters. The summed E-state index contributed by atoms with van der Waals surface area (Å²) in [6.45, 7) is 1.71. The quantitative estimate of drug-likeness (QED) is 0.553. The SMILES string of the molecule is CCOC(=O)c1c(NC(=O)COc2c(Cl)cc(Cl)cc2Cl)sc2c1CCCC2. The molecule has 28 heavy (non-hydrogen) atoms. The third kappa shape index (κ3) is 4.74. The number of aryl methyl sites for hydroxylation is 1. The summed E-state index contributed by atoms with van der Waals surface area (Å²) < 4.78 is 10.6. The summed E-state index contributed by atoms with van der Waals surface area (Å²) in [5, 5.41) is 4.06. The molecule has 0 atom stereocenters. The van der Waals surface area contributed by atoms with Crippen molar-refractivity contribution >= 4 is 63.0 Å². The lowest BCUT2D eigenvalue weighted by molar-refractivity contribution is -0.118. The number of carbonyl (C=O) groups excluding carboxylic acids is 2. The van der Waals surface area contributed by atoms with Crippen LogP contribution in [0.25, 0.3) is 0 Å². The van der Waals surface area contributed by atoms with Crippen molar-refractivity contribution in [1.82, 2.24) is 0 Å². The second-order valence-corrected chi connectivity index (χ2v) is 8.53. The van der Waals surface area contributed by atoms with E-state index in [0.29, 0.717) is 15.6 Å². The van der Waals surface area contributed by atoms with Crippen LogP contribution < -0.4 is 10.1 Å². The van der Waals surface area contributed by atoms with Crippen LogP contribution in [0.5, 0.6) is 5.75 Å². The van der Waals surface area contributed by atoms with Crippen molar-refractivity contribution < 1.29 is 19.1 Å². The fourth-order valence-corrected chi connectivity index (χ4v) is 5.26. The van der Waals surface area contributed by atoms with Gasteiger partial charge in [0.2, 0.25) is 0 Å². The molecule has 1 N–H and O–H groups in total. The molecular formula is C19H18Cl3NO4S. The van der Waals surface area contributed by atoms with Gasteiger partial charge >= 0.3 is 5.97 Å². The Morgan fingerprint density at radius 2 is 1.82 bits per heavy atom. The monoisotopic (exact) mass is 461 g/mol. The largest absolute Gasteiger partial charge is 0.481 e. The third-order valence-electron chi connectivity index (χ3n) is 4.21. The smallest absolute Gasteiger partial charge is 0.341 e. The van der Waals surface area contributed by atoms with Crippen LogP contribution in [0.2, 0.25) is 15.1 Å². The number of halogens is 3. The first-order valence-electron chi connectivity index (χ1n) is 8.79. The van der Waals surface area contributed by atoms with Crippen LogP contribution in [0.1, 0.15) is 40.6 Å². The Balaban J connectivity index is 1.75. The number of ether oxygens (including phenoxy) is 2. The molecule has 0 saturated carbocycles. The van der Waals surface area contributed by atoms with Crippen molar-refractivity contribution in [3.05, 3.63) is 43.2 Å². The Hall–Kier alpha value is -1.47. The minimum atomic E-state index is -0.425. The molecule has 1 aliphatic carbocycles. The zero-order valence-corrected chi connectivity index (χ0v) is 18.2. The predicted molar refractivity (Wildman–Crippen MR) is 113 cm³/mol. The summed E-state index contributed by atoms with van der Waals surface area (Å²) in [7, 11) is 0. The zero-order valence-electron chi connectivity index (χ0n) is 15.1. The van der Waals surface area contributed by atoms with E-state index in [1.54, 1.807) is 6.92 Å². The molecule has 0 fully saturated rings. The molecule has 0 aliphatic heterocycles. The molecule has 1 aromatic heterocycles. The van der Waals surface area contributed by atoms with E-state index >= 15 is 0 Å². The Bertz CT molecular complexity index is 890. The van der Waals surface area contributed by atoms with E-state index in [1.807, 2.05) is 0 Å². The van der Waals surface area contributed by atoms with Crippen LogP contribution in [0, 0.1) is 0 Å². The Labute approximate surface area is 181 Å². The number of thiophene rings is 1. The van der Waals surface area contributed by atoms with Crippen molar-refractivity contribution in [2.75, 3.05) is 18.5 Å². The summed E-state index contributed by atoms with van der Waals surface area (Å²) >= 11 is 19.4. The van der Waals surface area contributed by atoms with Gasteiger partial charge in [-0.1, -0.05) is 34.8 Å². The first-order valence-corrected chi connectivity index (χ1v) is 10.7. The predicted octanol–water partition coefficient (Wildman–Crippen LogP) is 5.78. The van der Waals surface area contributed by atoms with Gasteiger partial charge in [-0.3, -0.25) is 4.79 Å². The van der Waals surface area contributed by atoms with E-state index < -0.39 is 11.9 Å². The van der Waals surface area contributed by atoms with Crippen molar-refractivity contribution in [1.29, 1.82) is 0 Å². The van der Waals surface area contributed by atoms with Gasteiger partial charge < -0.3 is 14.8 Å². The highest BCUT2D eigenvalue weighted by Crippen LogP contribution is 2.39. The normalized spacial score (nSPS) is 13.0. The van der Waals surface area contributed by atoms with Crippen LogP contribution in [-0.4, -0.2) is 25.1 Å². The highest BCUT2D eigenvalue weighted by atomic mass is 35.5.